The molecule has 1 unspecified atom stereocenters. The van der Waals surface area contributed by atoms with Crippen LogP contribution in [0.25, 0.3) is 11.0 Å². The Morgan fingerprint density at radius 1 is 1.31 bits per heavy atom. The topological polar surface area (TPSA) is 71.2 Å². The standard InChI is InChI=1S/C20H22N4O2/c1-13-5-7-15-16(24(13)20(25)26)8-9-17-19(15)22-18(23(17)2)10-6-14-4-3-11-21-12-14/h3-4,8-9,11-13H,5-7,10H2,1-2H3,(H,25,26). The largest absolute Gasteiger partial charge is 0.465 e. The summed E-state index contributed by atoms with van der Waals surface area (Å²) in [6, 6.07) is 7.93. The van der Waals surface area contributed by atoms with Crippen LogP contribution in [-0.2, 0) is 26.3 Å². The van der Waals surface area contributed by atoms with Gasteiger partial charge in [0.25, 0.3) is 0 Å². The highest BCUT2D eigenvalue weighted by atomic mass is 16.4. The molecule has 1 atom stereocenters. The number of fused-ring (bicyclic) bond motifs is 3. The fourth-order valence-corrected chi connectivity index (χ4v) is 3.86. The minimum atomic E-state index is -0.898. The molecule has 0 spiro atoms. The highest BCUT2D eigenvalue weighted by Crippen LogP contribution is 2.36. The molecule has 0 bridgehead atoms. The molecule has 2 aromatic heterocycles. The second-order valence-electron chi connectivity index (χ2n) is 6.92. The van der Waals surface area contributed by atoms with Crippen molar-refractivity contribution in [2.75, 3.05) is 4.90 Å². The van der Waals surface area contributed by atoms with Crippen LogP contribution in [0.1, 0.15) is 30.3 Å². The normalized spacial score (nSPS) is 16.7. The van der Waals surface area contributed by atoms with E-state index >= 15 is 0 Å². The van der Waals surface area contributed by atoms with Crippen molar-refractivity contribution in [3.05, 3.63) is 53.6 Å². The van der Waals surface area contributed by atoms with Crippen LogP contribution in [0.15, 0.2) is 36.7 Å². The Bertz CT molecular complexity index is 965. The van der Waals surface area contributed by atoms with Crippen LogP contribution in [0.3, 0.4) is 0 Å². The molecule has 1 N–H and O–H groups in total. The molecule has 3 heterocycles. The summed E-state index contributed by atoms with van der Waals surface area (Å²) in [5.74, 6) is 1.01. The van der Waals surface area contributed by atoms with Crippen molar-refractivity contribution in [2.45, 2.75) is 38.6 Å². The van der Waals surface area contributed by atoms with Crippen LogP contribution in [-0.4, -0.2) is 31.8 Å². The van der Waals surface area contributed by atoms with Gasteiger partial charge in [-0.15, -0.1) is 0 Å². The summed E-state index contributed by atoms with van der Waals surface area (Å²) in [7, 11) is 2.03. The number of nitrogens with zero attached hydrogens (tertiary/aromatic N) is 4. The fourth-order valence-electron chi connectivity index (χ4n) is 3.86. The van der Waals surface area contributed by atoms with Gasteiger partial charge in [-0.2, -0.15) is 0 Å². The predicted octanol–water partition coefficient (Wildman–Crippen LogP) is 3.57. The molecule has 26 heavy (non-hydrogen) atoms. The van der Waals surface area contributed by atoms with Crippen molar-refractivity contribution in [3.63, 3.8) is 0 Å². The third kappa shape index (κ3) is 2.71. The first-order valence-corrected chi connectivity index (χ1v) is 8.94. The van der Waals surface area contributed by atoms with Gasteiger partial charge in [0, 0.05) is 37.5 Å². The number of pyridine rings is 1. The monoisotopic (exact) mass is 350 g/mol. The summed E-state index contributed by atoms with van der Waals surface area (Å²) in [4.78, 5) is 22.2. The molecule has 0 saturated carbocycles. The van der Waals surface area contributed by atoms with Gasteiger partial charge in [0.05, 0.1) is 16.7 Å². The number of carbonyl (C=O) groups is 1. The number of benzene rings is 1. The van der Waals surface area contributed by atoms with Gasteiger partial charge < -0.3 is 9.67 Å². The Morgan fingerprint density at radius 3 is 2.88 bits per heavy atom. The van der Waals surface area contributed by atoms with Crippen molar-refractivity contribution in [1.29, 1.82) is 0 Å². The molecule has 6 heteroatoms. The zero-order chi connectivity index (χ0) is 18.3. The molecular formula is C20H22N4O2. The maximum absolute atomic E-state index is 11.7. The molecular weight excluding hydrogens is 328 g/mol. The number of rotatable bonds is 3. The lowest BCUT2D eigenvalue weighted by molar-refractivity contribution is 0.198. The molecule has 1 aliphatic rings. The average molecular weight is 350 g/mol. The molecule has 1 amide bonds. The van der Waals surface area contributed by atoms with Crippen LogP contribution in [0.4, 0.5) is 10.5 Å². The number of hydrogen-bond acceptors (Lipinski definition) is 3. The van der Waals surface area contributed by atoms with Gasteiger partial charge in [-0.1, -0.05) is 6.07 Å². The first-order valence-electron chi connectivity index (χ1n) is 8.94. The van der Waals surface area contributed by atoms with E-state index in [-0.39, 0.29) is 6.04 Å². The van der Waals surface area contributed by atoms with Crippen molar-refractivity contribution in [3.8, 4) is 0 Å². The van der Waals surface area contributed by atoms with E-state index in [0.717, 1.165) is 53.8 Å². The number of aryl methyl sites for hydroxylation is 4. The number of hydrogen-bond donors (Lipinski definition) is 1. The van der Waals surface area contributed by atoms with Gasteiger partial charge in [-0.05, 0) is 49.9 Å². The second-order valence-corrected chi connectivity index (χ2v) is 6.92. The fraction of sp³-hybridized carbons (Fsp3) is 0.350. The van der Waals surface area contributed by atoms with Gasteiger partial charge in [-0.25, -0.2) is 9.78 Å². The second kappa shape index (κ2) is 6.44. The Labute approximate surface area is 152 Å². The number of anilines is 1. The van der Waals surface area contributed by atoms with Gasteiger partial charge in [0.2, 0.25) is 0 Å². The summed E-state index contributed by atoms with van der Waals surface area (Å²) in [6.07, 6.45) is 6.15. The summed E-state index contributed by atoms with van der Waals surface area (Å²) in [5, 5.41) is 9.59. The van der Waals surface area contributed by atoms with Crippen LogP contribution < -0.4 is 4.90 Å². The van der Waals surface area contributed by atoms with Crippen molar-refractivity contribution < 1.29 is 9.90 Å². The molecule has 0 radical (unpaired) electrons. The van der Waals surface area contributed by atoms with Crippen LogP contribution in [0.2, 0.25) is 0 Å². The Hall–Kier alpha value is -2.89. The number of aromatic nitrogens is 3. The Balaban J connectivity index is 1.72. The highest BCUT2D eigenvalue weighted by Gasteiger charge is 2.30. The quantitative estimate of drug-likeness (QED) is 0.784. The summed E-state index contributed by atoms with van der Waals surface area (Å²) < 4.78 is 2.12. The van der Waals surface area contributed by atoms with Crippen molar-refractivity contribution in [2.24, 2.45) is 7.05 Å². The van der Waals surface area contributed by atoms with E-state index < -0.39 is 6.09 Å². The Kier molecular flexibility index (Phi) is 4.11. The van der Waals surface area contributed by atoms with E-state index in [2.05, 4.69) is 15.6 Å². The average Bonchev–Trinajstić information content (AvgIpc) is 2.96. The van der Waals surface area contributed by atoms with E-state index in [1.54, 1.807) is 6.20 Å². The third-order valence-corrected chi connectivity index (χ3v) is 5.30. The number of imidazole rings is 1. The lowest BCUT2D eigenvalue weighted by Crippen LogP contribution is -2.41. The SMILES string of the molecule is CC1CCc2c(ccc3c2nc(CCc2cccnc2)n3C)N1C(=O)O. The smallest absolute Gasteiger partial charge is 0.412 e. The molecule has 1 aromatic carbocycles. The zero-order valence-corrected chi connectivity index (χ0v) is 15.0. The van der Waals surface area contributed by atoms with E-state index in [9.17, 15) is 9.90 Å². The van der Waals surface area contributed by atoms with E-state index in [1.165, 1.54) is 10.5 Å². The Morgan fingerprint density at radius 2 is 2.15 bits per heavy atom. The summed E-state index contributed by atoms with van der Waals surface area (Å²) in [6.45, 7) is 1.96. The van der Waals surface area contributed by atoms with E-state index in [0.29, 0.717) is 0 Å². The van der Waals surface area contributed by atoms with Crippen LogP contribution in [0.5, 0.6) is 0 Å². The molecule has 1 aliphatic heterocycles. The lowest BCUT2D eigenvalue weighted by Gasteiger charge is -2.33. The first kappa shape index (κ1) is 16.6. The highest BCUT2D eigenvalue weighted by molar-refractivity contribution is 5.94. The van der Waals surface area contributed by atoms with E-state index in [1.807, 2.05) is 38.4 Å². The van der Waals surface area contributed by atoms with E-state index in [4.69, 9.17) is 4.98 Å². The summed E-state index contributed by atoms with van der Waals surface area (Å²) in [5.41, 5.74) is 5.01. The maximum atomic E-state index is 11.7. The third-order valence-electron chi connectivity index (χ3n) is 5.30. The summed E-state index contributed by atoms with van der Waals surface area (Å²) >= 11 is 0. The molecule has 134 valence electrons. The van der Waals surface area contributed by atoms with Crippen molar-refractivity contribution in [1.82, 2.24) is 14.5 Å². The van der Waals surface area contributed by atoms with Gasteiger partial charge in [-0.3, -0.25) is 9.88 Å². The predicted molar refractivity (Wildman–Crippen MR) is 101 cm³/mol. The minimum Gasteiger partial charge on any atom is -0.465 e. The van der Waals surface area contributed by atoms with Gasteiger partial charge in [0.1, 0.15) is 5.82 Å². The molecule has 0 saturated heterocycles. The number of amides is 1. The molecule has 0 aliphatic carbocycles. The van der Waals surface area contributed by atoms with Crippen LogP contribution >= 0.6 is 0 Å². The zero-order valence-electron chi connectivity index (χ0n) is 15.0. The van der Waals surface area contributed by atoms with Gasteiger partial charge in [0.15, 0.2) is 0 Å². The first-order chi connectivity index (χ1) is 12.6. The molecule has 4 rings (SSSR count). The lowest BCUT2D eigenvalue weighted by atomic mass is 9.96. The number of carboxylic acid groups (broad SMARTS) is 1. The van der Waals surface area contributed by atoms with Crippen molar-refractivity contribution >= 4 is 22.8 Å². The minimum absolute atomic E-state index is 0.00814. The molecule has 0 fully saturated rings. The molecule has 3 aromatic rings. The molecule has 6 nitrogen and oxygen atoms in total. The maximum Gasteiger partial charge on any atom is 0.412 e. The van der Waals surface area contributed by atoms with Crippen LogP contribution in [0, 0.1) is 0 Å². The van der Waals surface area contributed by atoms with Gasteiger partial charge >= 0.3 is 6.09 Å².